The highest BCUT2D eigenvalue weighted by molar-refractivity contribution is 14.1. The van der Waals surface area contributed by atoms with Crippen LogP contribution in [0.25, 0.3) is 0 Å². The third-order valence-corrected chi connectivity index (χ3v) is 3.41. The minimum absolute atomic E-state index is 0.853. The van der Waals surface area contributed by atoms with Crippen LogP contribution in [0.5, 0.6) is 0 Å². The molecule has 0 saturated carbocycles. The summed E-state index contributed by atoms with van der Waals surface area (Å²) in [5.41, 5.74) is 0. The zero-order valence-corrected chi connectivity index (χ0v) is 12.1. The quantitative estimate of drug-likeness (QED) is 0.580. The van der Waals surface area contributed by atoms with Crippen LogP contribution in [-0.2, 0) is 6.54 Å². The smallest absolute Gasteiger partial charge is 0.164 e. The lowest BCUT2D eigenvalue weighted by Gasteiger charge is -2.02. The zero-order valence-electron chi connectivity index (χ0n) is 9.09. The molecule has 0 fully saturated rings. The number of hydrogen-bond acceptors (Lipinski definition) is 3. The highest BCUT2D eigenvalue weighted by Gasteiger charge is 1.97. The van der Waals surface area contributed by atoms with Gasteiger partial charge in [0.25, 0.3) is 0 Å². The van der Waals surface area contributed by atoms with E-state index in [1.165, 1.54) is 25.0 Å². The van der Waals surface area contributed by atoms with Gasteiger partial charge in [0.2, 0.25) is 0 Å². The molecule has 1 heterocycles. The lowest BCUT2D eigenvalue weighted by atomic mass is 10.2. The minimum Gasteiger partial charge on any atom is -0.454 e. The van der Waals surface area contributed by atoms with Crippen molar-refractivity contribution in [3.05, 3.63) is 21.7 Å². The molecule has 0 saturated heterocycles. The number of thioether (sulfide) groups is 1. The Hall–Kier alpha value is 0.320. The molecular weight excluding hydrogens is 321 g/mol. The molecule has 1 N–H and O–H groups in total. The topological polar surface area (TPSA) is 25.2 Å². The molecule has 0 aromatic carbocycles. The molecule has 1 aromatic rings. The first-order valence-electron chi connectivity index (χ1n) is 5.27. The minimum atomic E-state index is 0.853. The Kier molecular flexibility index (Phi) is 7.56. The fourth-order valence-electron chi connectivity index (χ4n) is 1.33. The van der Waals surface area contributed by atoms with Crippen LogP contribution in [-0.4, -0.2) is 18.6 Å². The van der Waals surface area contributed by atoms with Crippen molar-refractivity contribution in [1.82, 2.24) is 5.32 Å². The molecule has 0 amide bonds. The van der Waals surface area contributed by atoms with E-state index in [-0.39, 0.29) is 0 Å². The van der Waals surface area contributed by atoms with Gasteiger partial charge in [0, 0.05) is 0 Å². The Morgan fingerprint density at radius 2 is 2.20 bits per heavy atom. The van der Waals surface area contributed by atoms with Crippen LogP contribution in [0.3, 0.4) is 0 Å². The molecule has 0 spiro atoms. The summed E-state index contributed by atoms with van der Waals surface area (Å²) < 4.78 is 6.41. The molecule has 4 heteroatoms. The van der Waals surface area contributed by atoms with Gasteiger partial charge < -0.3 is 9.73 Å². The van der Waals surface area contributed by atoms with Gasteiger partial charge in [-0.1, -0.05) is 6.42 Å². The number of furan rings is 1. The van der Waals surface area contributed by atoms with Crippen LogP contribution in [0.2, 0.25) is 0 Å². The number of hydrogen-bond donors (Lipinski definition) is 1. The molecule has 1 aromatic heterocycles. The van der Waals surface area contributed by atoms with Crippen LogP contribution in [0.4, 0.5) is 0 Å². The van der Waals surface area contributed by atoms with Crippen molar-refractivity contribution in [1.29, 1.82) is 0 Å². The van der Waals surface area contributed by atoms with E-state index in [4.69, 9.17) is 4.42 Å². The van der Waals surface area contributed by atoms with Crippen molar-refractivity contribution in [3.8, 4) is 0 Å². The third-order valence-electron chi connectivity index (χ3n) is 2.13. The number of nitrogens with one attached hydrogen (secondary N) is 1. The van der Waals surface area contributed by atoms with Gasteiger partial charge in [-0.3, -0.25) is 0 Å². The van der Waals surface area contributed by atoms with Gasteiger partial charge in [0.15, 0.2) is 3.77 Å². The van der Waals surface area contributed by atoms with Crippen molar-refractivity contribution < 1.29 is 4.42 Å². The predicted molar refractivity (Wildman–Crippen MR) is 75.4 cm³/mol. The number of unbranched alkanes of at least 4 members (excludes halogenated alkanes) is 2. The Labute approximate surface area is 110 Å². The van der Waals surface area contributed by atoms with Crippen molar-refractivity contribution in [2.75, 3.05) is 18.6 Å². The van der Waals surface area contributed by atoms with E-state index in [0.29, 0.717) is 0 Å². The molecule has 0 radical (unpaired) electrons. The average Bonchev–Trinajstić information content (AvgIpc) is 2.63. The van der Waals surface area contributed by atoms with Gasteiger partial charge in [-0.05, 0) is 66.1 Å². The Bertz CT molecular complexity index is 265. The van der Waals surface area contributed by atoms with Crippen molar-refractivity contribution >= 4 is 34.4 Å². The first-order valence-corrected chi connectivity index (χ1v) is 7.74. The first kappa shape index (κ1) is 13.4. The van der Waals surface area contributed by atoms with Gasteiger partial charge >= 0.3 is 0 Å². The van der Waals surface area contributed by atoms with Crippen LogP contribution < -0.4 is 5.32 Å². The lowest BCUT2D eigenvalue weighted by Crippen LogP contribution is -2.14. The highest BCUT2D eigenvalue weighted by atomic mass is 127. The van der Waals surface area contributed by atoms with E-state index in [9.17, 15) is 0 Å². The second-order valence-corrected chi connectivity index (χ2v) is 5.48. The van der Waals surface area contributed by atoms with Crippen molar-refractivity contribution in [3.63, 3.8) is 0 Å². The van der Waals surface area contributed by atoms with Gasteiger partial charge in [0.05, 0.1) is 6.54 Å². The maximum Gasteiger partial charge on any atom is 0.164 e. The van der Waals surface area contributed by atoms with E-state index in [1.54, 1.807) is 0 Å². The molecule has 86 valence electrons. The van der Waals surface area contributed by atoms with E-state index >= 15 is 0 Å². The van der Waals surface area contributed by atoms with Crippen LogP contribution in [0.15, 0.2) is 16.5 Å². The fraction of sp³-hybridized carbons (Fsp3) is 0.636. The third kappa shape index (κ3) is 6.48. The summed E-state index contributed by atoms with van der Waals surface area (Å²) in [5.74, 6) is 2.32. The summed E-state index contributed by atoms with van der Waals surface area (Å²) in [6.45, 7) is 1.94. The summed E-state index contributed by atoms with van der Waals surface area (Å²) in [6, 6.07) is 4.03. The summed E-state index contributed by atoms with van der Waals surface area (Å²) in [4.78, 5) is 0. The van der Waals surface area contributed by atoms with Crippen LogP contribution >= 0.6 is 34.4 Å². The fourth-order valence-corrected chi connectivity index (χ4v) is 2.29. The zero-order chi connectivity index (χ0) is 10.9. The van der Waals surface area contributed by atoms with E-state index in [2.05, 4.69) is 34.2 Å². The number of rotatable bonds is 8. The van der Waals surface area contributed by atoms with E-state index in [1.807, 2.05) is 23.9 Å². The Balaban J connectivity index is 1.93. The Morgan fingerprint density at radius 3 is 2.87 bits per heavy atom. The van der Waals surface area contributed by atoms with Crippen molar-refractivity contribution in [2.45, 2.75) is 25.8 Å². The standard InChI is InChI=1S/C11H18INOS/c1-15-8-4-2-3-7-13-9-10-5-6-11(12)14-10/h5-6,13H,2-4,7-9H2,1H3. The van der Waals surface area contributed by atoms with Crippen molar-refractivity contribution in [2.24, 2.45) is 0 Å². The molecule has 2 nitrogen and oxygen atoms in total. The molecule has 0 unspecified atom stereocenters. The summed E-state index contributed by atoms with van der Waals surface area (Å²) in [7, 11) is 0. The second kappa shape index (κ2) is 8.47. The molecule has 1 rings (SSSR count). The lowest BCUT2D eigenvalue weighted by molar-refractivity contribution is 0.460. The molecule has 0 aliphatic rings. The molecule has 15 heavy (non-hydrogen) atoms. The monoisotopic (exact) mass is 339 g/mol. The van der Waals surface area contributed by atoms with E-state index in [0.717, 1.165) is 22.6 Å². The SMILES string of the molecule is CSCCCCCNCc1ccc(I)o1. The number of halogens is 1. The summed E-state index contributed by atoms with van der Waals surface area (Å²) in [6.07, 6.45) is 6.08. The van der Waals surface area contributed by atoms with E-state index < -0.39 is 0 Å². The average molecular weight is 339 g/mol. The maximum atomic E-state index is 5.45. The molecular formula is C11H18INOS. The maximum absolute atomic E-state index is 5.45. The largest absolute Gasteiger partial charge is 0.454 e. The Morgan fingerprint density at radius 1 is 1.33 bits per heavy atom. The molecule has 0 atom stereocenters. The van der Waals surface area contributed by atoms with Crippen LogP contribution in [0.1, 0.15) is 25.0 Å². The molecule has 0 aliphatic carbocycles. The second-order valence-electron chi connectivity index (χ2n) is 3.44. The molecule has 0 bridgehead atoms. The van der Waals surface area contributed by atoms with Gasteiger partial charge in [-0.25, -0.2) is 0 Å². The molecule has 0 aliphatic heterocycles. The normalized spacial score (nSPS) is 10.8. The van der Waals surface area contributed by atoms with Gasteiger partial charge in [0.1, 0.15) is 5.76 Å². The van der Waals surface area contributed by atoms with Crippen LogP contribution in [0, 0.1) is 3.77 Å². The predicted octanol–water partition coefficient (Wildman–Crippen LogP) is 3.51. The summed E-state index contributed by atoms with van der Waals surface area (Å²) >= 11 is 4.12. The van der Waals surface area contributed by atoms with Gasteiger partial charge in [-0.15, -0.1) is 0 Å². The van der Waals surface area contributed by atoms with Gasteiger partial charge in [-0.2, -0.15) is 11.8 Å². The summed E-state index contributed by atoms with van der Waals surface area (Å²) in [5, 5.41) is 3.39. The highest BCUT2D eigenvalue weighted by Crippen LogP contribution is 2.09. The first-order chi connectivity index (χ1) is 7.33.